The van der Waals surface area contributed by atoms with E-state index in [2.05, 4.69) is 268 Å². The van der Waals surface area contributed by atoms with E-state index in [9.17, 15) is 0 Å². The van der Waals surface area contributed by atoms with Crippen molar-refractivity contribution in [2.24, 2.45) is 0 Å². The quantitative estimate of drug-likeness (QED) is 0.0961. The second kappa shape index (κ2) is 31.2. The van der Waals surface area contributed by atoms with E-state index in [1.807, 2.05) is 148 Å². The Morgan fingerprint density at radius 2 is 0.771 bits per heavy atom. The molecule has 0 aliphatic heterocycles. The average Bonchev–Trinajstić information content (AvgIpc) is 1.71. The summed E-state index contributed by atoms with van der Waals surface area (Å²) in [5.41, 5.74) is 14.7. The third-order valence-electron chi connectivity index (χ3n) is 19.7. The molecule has 0 N–H and O–H groups in total. The van der Waals surface area contributed by atoms with Gasteiger partial charge in [0.2, 0.25) is 0 Å². The van der Waals surface area contributed by atoms with Gasteiger partial charge in [-0.15, -0.1) is 117 Å². The van der Waals surface area contributed by atoms with Gasteiger partial charge in [0.1, 0.15) is 0 Å². The molecule has 0 bridgehead atoms. The summed E-state index contributed by atoms with van der Waals surface area (Å²) in [6.07, 6.45) is 29.1. The molecule has 0 aliphatic carbocycles. The zero-order valence-electron chi connectivity index (χ0n) is 57.2. The first-order chi connectivity index (χ1) is 51.6. The van der Waals surface area contributed by atoms with Crippen molar-refractivity contribution in [2.75, 3.05) is 0 Å². The first-order valence-corrected chi connectivity index (χ1v) is 34.2. The van der Waals surface area contributed by atoms with Crippen LogP contribution in [0.5, 0.6) is 0 Å². The number of imidazole rings is 5. The van der Waals surface area contributed by atoms with Crippen LogP contribution < -0.4 is 0 Å². The Labute approximate surface area is 690 Å². The number of hydrogen-bond donors (Lipinski definition) is 0. The van der Waals surface area contributed by atoms with Gasteiger partial charge in [0, 0.05) is 167 Å². The third kappa shape index (κ3) is 13.1. The Bertz CT molecular complexity index is 7350. The molecular weight excluding hydrogens is 2240 g/mol. The molecule has 0 saturated heterocycles. The van der Waals surface area contributed by atoms with Crippen LogP contribution in [0, 0.1) is 30.3 Å². The molecule has 109 heavy (non-hydrogen) atoms. The number of fused-ring (bicyclic) bond motifs is 27. The molecule has 0 atom stereocenters. The zero-order chi connectivity index (χ0) is 68.6. The molecule has 11 aromatic carbocycles. The fourth-order valence-corrected chi connectivity index (χ4v) is 14.8. The number of rotatable bonds is 2. The van der Waals surface area contributed by atoms with E-state index in [-0.39, 0.29) is 101 Å². The number of benzene rings is 11. The van der Waals surface area contributed by atoms with Crippen molar-refractivity contribution in [1.82, 2.24) is 61.5 Å². The normalized spacial score (nSPS) is 11.1. The maximum absolute atomic E-state index is 4.78. The Morgan fingerprint density at radius 1 is 0.294 bits per heavy atom. The van der Waals surface area contributed by atoms with Crippen molar-refractivity contribution >= 4 is 158 Å². The summed E-state index contributed by atoms with van der Waals surface area (Å²) in [5.74, 6) is 0. The van der Waals surface area contributed by atoms with Gasteiger partial charge in [-0.25, -0.2) is 0 Å². The molecule has 24 rings (SSSR count). The molecule has 533 valence electrons. The van der Waals surface area contributed by atoms with Gasteiger partial charge in [0.25, 0.3) is 0 Å². The van der Waals surface area contributed by atoms with Gasteiger partial charge in [0.05, 0.1) is 73.7 Å². The molecule has 0 aliphatic rings. The molecule has 13 heterocycles. The van der Waals surface area contributed by atoms with Gasteiger partial charge < -0.3 is 26.6 Å². The fraction of sp³-hybridized carbons (Fsp3) is 0. The van der Waals surface area contributed by atoms with E-state index in [0.717, 1.165) is 110 Å². The van der Waals surface area contributed by atoms with E-state index in [1.165, 1.54) is 64.8 Å². The van der Waals surface area contributed by atoms with Crippen molar-refractivity contribution in [2.45, 2.75) is 0 Å². The maximum Gasteiger partial charge on any atom is 0.0775 e. The van der Waals surface area contributed by atoms with Crippen molar-refractivity contribution in [3.63, 3.8) is 0 Å². The van der Waals surface area contributed by atoms with Gasteiger partial charge in [-0.3, -0.25) is 34.9 Å². The summed E-state index contributed by atoms with van der Waals surface area (Å²) in [5, 5.41) is 20.9. The maximum atomic E-state index is 4.78. The van der Waals surface area contributed by atoms with Gasteiger partial charge in [-0.2, -0.15) is 0 Å². The second-order valence-corrected chi connectivity index (χ2v) is 25.5. The minimum Gasteiger partial charge on any atom is -0.347 e. The van der Waals surface area contributed by atoms with Crippen molar-refractivity contribution in [1.29, 1.82) is 0 Å². The number of hydrogen-bond acceptors (Lipinski definition) is 7. The summed E-state index contributed by atoms with van der Waals surface area (Å²) in [6.45, 7) is 0. The van der Waals surface area contributed by atoms with Crippen LogP contribution in [0.2, 0.25) is 0 Å². The third-order valence-corrected chi connectivity index (χ3v) is 19.7. The summed E-state index contributed by atoms with van der Waals surface area (Å²) in [7, 11) is 0. The molecular formula is C91H54Ir5N13-5. The first-order valence-electron chi connectivity index (χ1n) is 34.2. The number of para-hydroxylation sites is 4. The predicted molar refractivity (Wildman–Crippen MR) is 421 cm³/mol. The monoisotopic (exact) mass is 2290 g/mol. The van der Waals surface area contributed by atoms with Gasteiger partial charge in [0.15, 0.2) is 0 Å². The minimum atomic E-state index is 0. The Kier molecular flexibility index (Phi) is 21.0. The van der Waals surface area contributed by atoms with E-state index < -0.39 is 0 Å². The predicted octanol–water partition coefficient (Wildman–Crippen LogP) is 20.7. The van der Waals surface area contributed by atoms with Crippen LogP contribution in [0.25, 0.3) is 175 Å². The van der Waals surface area contributed by atoms with E-state index >= 15 is 0 Å². The van der Waals surface area contributed by atoms with Crippen LogP contribution in [0.15, 0.2) is 330 Å². The summed E-state index contributed by atoms with van der Waals surface area (Å²) < 4.78 is 12.5. The minimum absolute atomic E-state index is 0. The molecule has 0 spiro atoms. The number of aromatic nitrogens is 13. The SMILES string of the molecule is [Ir].[Ir].[Ir].[Ir].[Ir].[c-]1c2ccccc2cc2ccn3ccnc3c12.[c-]1cc2ccccc2c2ccn3c4ccccc4nc3c12.[c-]1cc2ccccc2c2ccn3ccnc3c12.[c-]1ccc(-c2ccc(-n3c4cnccc4c4ccncc43)cc2)c2ccn3ccnc3c12.[c-]1cccc2ccn3c4ccccc4nc3c12. The standard InChI is InChI=1S/C27H16N5.C19H11N2.3C15H9N2.5Ir/c1-2-20(21-10-14-31-15-13-30-27(31)24(21)3-1)18-4-6-19(7-5-18)32-25-16-28-11-8-22(25)23-9-12-29-17-26(23)32;1-2-6-14-13(5-1)9-10-16-15(14)11-12-21-18-8-4-3-7-17(18)20-19(16)21;1-2-6-12-11(5-1)9-10-17-14-8-4-3-7-13(14)16-15(12)17;1-2-4-12-10-14-13(9-11(12)3-1)5-7-17-8-6-16-15(14)17;1-2-4-12-11(3-1)5-6-14-13(12)7-9-17-10-8-16-15(14)17;;;;;/h1-2,4-17H;1-9,11-12H;1-5,7-10H;1-9H;1-5,7-10H;;;;;/q5*-1;;;;;. The van der Waals surface area contributed by atoms with Crippen LogP contribution in [-0.4, -0.2) is 61.5 Å². The van der Waals surface area contributed by atoms with Crippen LogP contribution in [-0.2, 0) is 101 Å². The number of nitrogens with zero attached hydrogens (tertiary/aromatic N) is 13. The summed E-state index contributed by atoms with van der Waals surface area (Å²) >= 11 is 0. The molecule has 24 aromatic rings. The largest absolute Gasteiger partial charge is 0.347 e. The Hall–Kier alpha value is -11.2. The fourth-order valence-electron chi connectivity index (χ4n) is 14.8. The summed E-state index contributed by atoms with van der Waals surface area (Å²) in [6, 6.07) is 98.1. The van der Waals surface area contributed by atoms with Gasteiger partial charge in [-0.1, -0.05) is 193 Å². The van der Waals surface area contributed by atoms with Crippen LogP contribution in [0.3, 0.4) is 0 Å². The topological polar surface area (TPSA) is 117 Å². The van der Waals surface area contributed by atoms with Crippen molar-refractivity contribution < 1.29 is 101 Å². The average molecular weight is 2290 g/mol. The van der Waals surface area contributed by atoms with Gasteiger partial charge >= 0.3 is 0 Å². The van der Waals surface area contributed by atoms with Gasteiger partial charge in [-0.05, 0) is 85.1 Å². The first kappa shape index (κ1) is 73.3. The van der Waals surface area contributed by atoms with Crippen LogP contribution in [0.4, 0.5) is 0 Å². The van der Waals surface area contributed by atoms with E-state index in [0.29, 0.717) is 0 Å². The van der Waals surface area contributed by atoms with E-state index in [1.54, 1.807) is 0 Å². The molecule has 18 heteroatoms. The zero-order valence-corrected chi connectivity index (χ0v) is 69.1. The molecule has 0 saturated carbocycles. The molecule has 5 radical (unpaired) electrons. The van der Waals surface area contributed by atoms with Crippen LogP contribution in [0.1, 0.15) is 0 Å². The van der Waals surface area contributed by atoms with Crippen LogP contribution >= 0.6 is 0 Å². The Morgan fingerprint density at radius 3 is 1.39 bits per heavy atom. The summed E-state index contributed by atoms with van der Waals surface area (Å²) in [4.78, 5) is 31.5. The van der Waals surface area contributed by atoms with Crippen molar-refractivity contribution in [3.05, 3.63) is 360 Å². The molecule has 13 nitrogen and oxygen atoms in total. The Balaban J connectivity index is 0.000000110. The molecule has 0 fully saturated rings. The molecule has 0 amide bonds. The van der Waals surface area contributed by atoms with E-state index in [4.69, 9.17) is 4.98 Å². The molecule has 13 aromatic heterocycles. The molecule has 0 unspecified atom stereocenters. The van der Waals surface area contributed by atoms with Crippen molar-refractivity contribution in [3.8, 4) is 16.8 Å². The smallest absolute Gasteiger partial charge is 0.0775 e. The number of pyridine rings is 7. The second-order valence-electron chi connectivity index (χ2n) is 25.5.